The molecule has 0 radical (unpaired) electrons. The van der Waals surface area contributed by atoms with Crippen LogP contribution in [0.2, 0.25) is 0 Å². The molecule has 7 heteroatoms. The van der Waals surface area contributed by atoms with Gasteiger partial charge in [0, 0.05) is 5.56 Å². The fraction of sp³-hybridized carbons (Fsp3) is 0.500. The van der Waals surface area contributed by atoms with Gasteiger partial charge < -0.3 is 14.2 Å². The van der Waals surface area contributed by atoms with Gasteiger partial charge in [-0.05, 0) is 26.0 Å². The Bertz CT molecular complexity index is 449. The Hall–Kier alpha value is -1.15. The number of nitrogens with one attached hydrogen (secondary N) is 1. The summed E-state index contributed by atoms with van der Waals surface area (Å²) in [5.74, 6) is 0.953. The third-order valence-electron chi connectivity index (χ3n) is 2.59. The Balaban J connectivity index is 0.000000555. The predicted octanol–water partition coefficient (Wildman–Crippen LogP) is 0.125. The lowest BCUT2D eigenvalue weighted by molar-refractivity contribution is -0.910. The average Bonchev–Trinajstić information content (AvgIpc) is 2.34. The molecular formula is C12H21NO5S. The van der Waals surface area contributed by atoms with Crippen LogP contribution >= 0.6 is 0 Å². The minimum Gasteiger partial charge on any atom is -0.726 e. The van der Waals surface area contributed by atoms with E-state index in [0.29, 0.717) is 0 Å². The molecule has 0 unspecified atom stereocenters. The first-order valence-corrected chi connectivity index (χ1v) is 7.31. The molecule has 110 valence electrons. The molecule has 0 fully saturated rings. The van der Waals surface area contributed by atoms with E-state index in [1.54, 1.807) is 12.0 Å². The van der Waals surface area contributed by atoms with Crippen LogP contribution in [0, 0.1) is 0 Å². The maximum Gasteiger partial charge on any atom is 0.215 e. The molecule has 6 nitrogen and oxygen atoms in total. The normalized spacial score (nSPS) is 10.8. The third-order valence-corrected chi connectivity index (χ3v) is 2.59. The summed E-state index contributed by atoms with van der Waals surface area (Å²) in [6, 6.07) is 8.32. The molecule has 0 atom stereocenters. The molecule has 0 saturated carbocycles. The molecule has 0 bridgehead atoms. The summed E-state index contributed by atoms with van der Waals surface area (Å²) in [4.78, 5) is 1.60. The predicted molar refractivity (Wildman–Crippen MR) is 71.1 cm³/mol. The largest absolute Gasteiger partial charge is 0.726 e. The lowest BCUT2D eigenvalue weighted by Crippen LogP contribution is -3.10. The van der Waals surface area contributed by atoms with Gasteiger partial charge in [-0.2, -0.15) is 0 Å². The monoisotopic (exact) mass is 291 g/mol. The van der Waals surface area contributed by atoms with Crippen LogP contribution in [0.15, 0.2) is 24.3 Å². The Morgan fingerprint density at radius 2 is 1.84 bits per heavy atom. The molecule has 2 N–H and O–H groups in total. The average molecular weight is 291 g/mol. The van der Waals surface area contributed by atoms with Crippen LogP contribution in [-0.4, -0.2) is 37.7 Å². The van der Waals surface area contributed by atoms with Gasteiger partial charge in [0.05, 0.1) is 20.2 Å². The zero-order valence-electron chi connectivity index (χ0n) is 11.4. The van der Waals surface area contributed by atoms with E-state index in [1.807, 2.05) is 6.07 Å². The summed E-state index contributed by atoms with van der Waals surface area (Å²) in [6.45, 7) is 7.88. The SMILES string of the molecule is CC[NH+](CC)Cc1cccc(OC)c1.O=S(=O)([O-])O. The van der Waals surface area contributed by atoms with Crippen LogP contribution in [0.4, 0.5) is 0 Å². The Labute approximate surface area is 114 Å². The van der Waals surface area contributed by atoms with Crippen molar-refractivity contribution in [1.29, 1.82) is 0 Å². The maximum atomic E-state index is 8.63. The van der Waals surface area contributed by atoms with Crippen molar-refractivity contribution in [2.24, 2.45) is 0 Å². The van der Waals surface area contributed by atoms with Crippen LogP contribution in [0.5, 0.6) is 5.75 Å². The number of hydrogen-bond acceptors (Lipinski definition) is 4. The second-order valence-electron chi connectivity index (χ2n) is 3.91. The summed E-state index contributed by atoms with van der Waals surface area (Å²) in [7, 11) is -3.20. The molecule has 1 aromatic carbocycles. The van der Waals surface area contributed by atoms with E-state index in [1.165, 1.54) is 18.7 Å². The number of methoxy groups -OCH3 is 1. The highest BCUT2D eigenvalue weighted by atomic mass is 32.3. The van der Waals surface area contributed by atoms with Gasteiger partial charge in [-0.25, -0.2) is 8.42 Å². The molecule has 0 spiro atoms. The molecule has 0 aliphatic rings. The van der Waals surface area contributed by atoms with Gasteiger partial charge in [0.15, 0.2) is 0 Å². The van der Waals surface area contributed by atoms with E-state index in [-0.39, 0.29) is 0 Å². The molecule has 0 aliphatic carbocycles. The van der Waals surface area contributed by atoms with Crippen molar-refractivity contribution >= 4 is 10.4 Å². The van der Waals surface area contributed by atoms with E-state index in [0.717, 1.165) is 12.3 Å². The van der Waals surface area contributed by atoms with Gasteiger partial charge in [0.25, 0.3) is 0 Å². The number of hydrogen-bond donors (Lipinski definition) is 2. The first-order valence-electron chi connectivity index (χ1n) is 5.94. The molecular weight excluding hydrogens is 270 g/mol. The van der Waals surface area contributed by atoms with E-state index in [2.05, 4.69) is 32.0 Å². The summed E-state index contributed by atoms with van der Waals surface area (Å²) >= 11 is 0. The van der Waals surface area contributed by atoms with Crippen molar-refractivity contribution in [2.75, 3.05) is 20.2 Å². The molecule has 1 aromatic rings. The summed E-state index contributed by atoms with van der Waals surface area (Å²) < 4.78 is 38.0. The smallest absolute Gasteiger partial charge is 0.215 e. The highest BCUT2D eigenvalue weighted by Crippen LogP contribution is 2.11. The van der Waals surface area contributed by atoms with Crippen molar-refractivity contribution in [3.8, 4) is 5.75 Å². The van der Waals surface area contributed by atoms with Crippen molar-refractivity contribution in [3.63, 3.8) is 0 Å². The number of ether oxygens (including phenoxy) is 1. The molecule has 0 amide bonds. The van der Waals surface area contributed by atoms with Gasteiger partial charge in [-0.1, -0.05) is 12.1 Å². The van der Waals surface area contributed by atoms with Crippen LogP contribution in [0.25, 0.3) is 0 Å². The first kappa shape index (κ1) is 17.8. The van der Waals surface area contributed by atoms with Crippen molar-refractivity contribution in [3.05, 3.63) is 29.8 Å². The van der Waals surface area contributed by atoms with Gasteiger partial charge >= 0.3 is 0 Å². The summed E-state index contributed by atoms with van der Waals surface area (Å²) in [5.41, 5.74) is 1.35. The van der Waals surface area contributed by atoms with Crippen LogP contribution < -0.4 is 9.64 Å². The van der Waals surface area contributed by atoms with Crippen LogP contribution in [0.3, 0.4) is 0 Å². The molecule has 1 rings (SSSR count). The van der Waals surface area contributed by atoms with Crippen molar-refractivity contribution < 1.29 is 27.2 Å². The standard InChI is InChI=1S/C12H19NO.H2O4S/c1-4-13(5-2)10-11-7-6-8-12(9-11)14-3;1-5(2,3)4/h6-9H,4-5,10H2,1-3H3;(H2,1,2,3,4). The van der Waals surface area contributed by atoms with Gasteiger partial charge in [0.1, 0.15) is 12.3 Å². The number of benzene rings is 1. The van der Waals surface area contributed by atoms with Gasteiger partial charge in [0.2, 0.25) is 10.4 Å². The van der Waals surface area contributed by atoms with Gasteiger partial charge in [-0.3, -0.25) is 4.55 Å². The lowest BCUT2D eigenvalue weighted by Gasteiger charge is -2.15. The minimum atomic E-state index is -4.92. The van der Waals surface area contributed by atoms with Crippen LogP contribution in [0.1, 0.15) is 19.4 Å². The van der Waals surface area contributed by atoms with E-state index < -0.39 is 10.4 Å². The second-order valence-corrected chi connectivity index (χ2v) is 4.77. The van der Waals surface area contributed by atoms with Gasteiger partial charge in [-0.15, -0.1) is 0 Å². The highest BCUT2D eigenvalue weighted by Gasteiger charge is 2.04. The third kappa shape index (κ3) is 10.5. The fourth-order valence-corrected chi connectivity index (χ4v) is 1.57. The number of quaternary nitrogens is 1. The van der Waals surface area contributed by atoms with E-state index in [4.69, 9.17) is 22.3 Å². The molecule has 0 aromatic heterocycles. The van der Waals surface area contributed by atoms with Crippen LogP contribution in [-0.2, 0) is 16.9 Å². The Morgan fingerprint density at radius 1 is 1.32 bits per heavy atom. The summed E-state index contributed by atoms with van der Waals surface area (Å²) in [5, 5.41) is 0. The Morgan fingerprint density at radius 3 is 2.26 bits per heavy atom. The van der Waals surface area contributed by atoms with E-state index in [9.17, 15) is 0 Å². The van der Waals surface area contributed by atoms with Crippen molar-refractivity contribution in [1.82, 2.24) is 0 Å². The second kappa shape index (κ2) is 8.87. The first-order chi connectivity index (χ1) is 8.80. The zero-order chi connectivity index (χ0) is 14.9. The quantitative estimate of drug-likeness (QED) is 0.594. The molecule has 0 saturated heterocycles. The summed E-state index contributed by atoms with van der Waals surface area (Å²) in [6.07, 6.45) is 0. The minimum absolute atomic E-state index is 0.953. The van der Waals surface area contributed by atoms with Crippen molar-refractivity contribution in [2.45, 2.75) is 20.4 Å². The molecule has 19 heavy (non-hydrogen) atoms. The molecule has 0 heterocycles. The Kier molecular flexibility index (Phi) is 8.33. The maximum absolute atomic E-state index is 8.63. The lowest BCUT2D eigenvalue weighted by atomic mass is 10.2. The highest BCUT2D eigenvalue weighted by molar-refractivity contribution is 7.79. The number of rotatable bonds is 5. The topological polar surface area (TPSA) is 91.1 Å². The fourth-order valence-electron chi connectivity index (χ4n) is 1.57. The molecule has 0 aliphatic heterocycles. The van der Waals surface area contributed by atoms with E-state index >= 15 is 0 Å². The zero-order valence-corrected chi connectivity index (χ0v) is 12.2.